The van der Waals surface area contributed by atoms with E-state index in [-0.39, 0.29) is 42.9 Å². The van der Waals surface area contributed by atoms with Crippen molar-refractivity contribution in [2.24, 2.45) is 5.10 Å². The van der Waals surface area contributed by atoms with Gasteiger partial charge in [-0.1, -0.05) is 46.4 Å². The Labute approximate surface area is 216 Å². The lowest BCUT2D eigenvalue weighted by Crippen LogP contribution is -2.24. The first kappa shape index (κ1) is 26.1. The second-order valence-electron chi connectivity index (χ2n) is 6.52. The number of rotatable bonds is 8. The van der Waals surface area contributed by atoms with Gasteiger partial charge in [0.05, 0.1) is 38.6 Å². The number of carbonyl (C=O) groups excluding carboxylic acids is 2. The van der Waals surface area contributed by atoms with E-state index in [1.807, 2.05) is 0 Å². The van der Waals surface area contributed by atoms with Gasteiger partial charge in [0.1, 0.15) is 16.4 Å². The molecule has 3 rings (SSSR count). The molecular formula is C20H12Cl4N4O7. The third-order valence-corrected chi connectivity index (χ3v) is 5.19. The number of hydrogen-bond acceptors (Lipinski definition) is 8. The average Bonchev–Trinajstić information content (AvgIpc) is 3.26. The van der Waals surface area contributed by atoms with E-state index in [4.69, 9.17) is 55.6 Å². The highest BCUT2D eigenvalue weighted by Crippen LogP contribution is 2.36. The molecule has 1 heterocycles. The summed E-state index contributed by atoms with van der Waals surface area (Å²) >= 11 is 23.9. The fraction of sp³-hybridized carbons (Fsp3) is 0.0500. The van der Waals surface area contributed by atoms with E-state index >= 15 is 0 Å². The molecule has 0 saturated heterocycles. The van der Waals surface area contributed by atoms with Gasteiger partial charge in [-0.25, -0.2) is 5.43 Å². The van der Waals surface area contributed by atoms with Crippen LogP contribution < -0.4 is 15.5 Å². The predicted octanol–water partition coefficient (Wildman–Crippen LogP) is 5.29. The molecule has 35 heavy (non-hydrogen) atoms. The molecule has 3 N–H and O–H groups in total. The number of phenols is 1. The van der Waals surface area contributed by atoms with Crippen molar-refractivity contribution >= 4 is 76.0 Å². The number of nitrogens with one attached hydrogen (secondary N) is 2. The Hall–Kier alpha value is -3.51. The zero-order valence-electron chi connectivity index (χ0n) is 17.1. The summed E-state index contributed by atoms with van der Waals surface area (Å²) in [6.07, 6.45) is 1.06. The van der Waals surface area contributed by atoms with Crippen LogP contribution >= 0.6 is 46.4 Å². The maximum absolute atomic E-state index is 12.6. The zero-order chi connectivity index (χ0) is 25.7. The Morgan fingerprint density at radius 2 is 1.86 bits per heavy atom. The van der Waals surface area contributed by atoms with E-state index in [9.17, 15) is 24.8 Å². The van der Waals surface area contributed by atoms with Crippen molar-refractivity contribution in [2.45, 2.75) is 0 Å². The molecule has 1 aromatic heterocycles. The number of anilines is 1. The van der Waals surface area contributed by atoms with Crippen LogP contribution in [0.3, 0.4) is 0 Å². The molecular weight excluding hydrogens is 550 g/mol. The van der Waals surface area contributed by atoms with E-state index in [0.717, 1.165) is 12.3 Å². The minimum atomic E-state index is -0.771. The topological polar surface area (TPSA) is 156 Å². The van der Waals surface area contributed by atoms with Gasteiger partial charge in [-0.15, -0.1) is 0 Å². The SMILES string of the molecule is O=C(COc1cc(NC(=O)c2cc(Cl)cc(Cl)c2O)c(Cl)cc1Cl)NN=Cc1ccc([N+](=O)[O-])o1. The fourth-order valence-corrected chi connectivity index (χ4v) is 3.50. The summed E-state index contributed by atoms with van der Waals surface area (Å²) in [6.45, 7) is -0.533. The quantitative estimate of drug-likeness (QED) is 0.191. The van der Waals surface area contributed by atoms with E-state index in [0.29, 0.717) is 0 Å². The van der Waals surface area contributed by atoms with Crippen LogP contribution in [0.4, 0.5) is 11.6 Å². The van der Waals surface area contributed by atoms with E-state index in [1.54, 1.807) is 0 Å². The van der Waals surface area contributed by atoms with Gasteiger partial charge in [0.2, 0.25) is 0 Å². The molecule has 0 fully saturated rings. The lowest BCUT2D eigenvalue weighted by atomic mass is 10.1. The molecule has 0 radical (unpaired) electrons. The molecule has 0 aliphatic heterocycles. The molecule has 0 aliphatic rings. The van der Waals surface area contributed by atoms with Crippen molar-refractivity contribution in [1.82, 2.24) is 5.43 Å². The number of nitrogens with zero attached hydrogens (tertiary/aromatic N) is 2. The van der Waals surface area contributed by atoms with Gasteiger partial charge in [-0.3, -0.25) is 19.7 Å². The number of ether oxygens (including phenoxy) is 1. The van der Waals surface area contributed by atoms with Crippen LogP contribution in [-0.2, 0) is 4.79 Å². The lowest BCUT2D eigenvalue weighted by molar-refractivity contribution is -0.402. The molecule has 11 nitrogen and oxygen atoms in total. The van der Waals surface area contributed by atoms with Crippen LogP contribution in [0.15, 0.2) is 45.9 Å². The molecule has 0 unspecified atom stereocenters. The number of benzene rings is 2. The fourth-order valence-electron chi connectivity index (χ4n) is 2.52. The van der Waals surface area contributed by atoms with Crippen LogP contribution in [0, 0.1) is 10.1 Å². The minimum absolute atomic E-state index is 0.000467. The number of phenolic OH excluding ortho intramolecular Hbond substituents is 1. The Balaban J connectivity index is 1.64. The number of carbonyl (C=O) groups is 2. The highest BCUT2D eigenvalue weighted by molar-refractivity contribution is 6.38. The third kappa shape index (κ3) is 6.76. The van der Waals surface area contributed by atoms with Crippen LogP contribution in [0.25, 0.3) is 0 Å². The molecule has 0 atom stereocenters. The van der Waals surface area contributed by atoms with Crippen molar-refractivity contribution in [3.63, 3.8) is 0 Å². The molecule has 2 amide bonds. The summed E-state index contributed by atoms with van der Waals surface area (Å²) in [5.41, 5.74) is 2.00. The van der Waals surface area contributed by atoms with Crippen molar-refractivity contribution in [1.29, 1.82) is 0 Å². The highest BCUT2D eigenvalue weighted by Gasteiger charge is 2.18. The Bertz CT molecular complexity index is 1340. The van der Waals surface area contributed by atoms with E-state index in [2.05, 4.69) is 15.8 Å². The smallest absolute Gasteiger partial charge is 0.433 e. The van der Waals surface area contributed by atoms with Gasteiger partial charge < -0.3 is 19.6 Å². The zero-order valence-corrected chi connectivity index (χ0v) is 20.1. The van der Waals surface area contributed by atoms with Gasteiger partial charge >= 0.3 is 5.88 Å². The summed E-state index contributed by atoms with van der Waals surface area (Å²) in [7, 11) is 0. The number of amides is 2. The van der Waals surface area contributed by atoms with E-state index in [1.165, 1.54) is 30.3 Å². The predicted molar refractivity (Wildman–Crippen MR) is 129 cm³/mol. The second kappa shape index (κ2) is 11.3. The lowest BCUT2D eigenvalue weighted by Gasteiger charge is -2.13. The number of halogens is 4. The van der Waals surface area contributed by atoms with E-state index < -0.39 is 35.0 Å². The van der Waals surface area contributed by atoms with Gasteiger partial charge in [0.15, 0.2) is 12.4 Å². The molecule has 2 aromatic carbocycles. The third-order valence-electron chi connectivity index (χ3n) is 4.07. The number of furan rings is 1. The first-order valence-corrected chi connectivity index (χ1v) is 10.7. The molecule has 0 saturated carbocycles. The molecule has 3 aromatic rings. The standard InChI is InChI=1S/C20H12Cl4N4O7/c21-9-3-11(19(30)14(24)4-9)20(31)26-15-6-16(13(23)5-12(15)22)34-8-17(29)27-25-7-10-1-2-18(35-10)28(32)33/h1-7,30H,8H2,(H,26,31)(H,27,29). The van der Waals surface area contributed by atoms with Gasteiger partial charge in [0, 0.05) is 11.1 Å². The number of hydrogen-bond donors (Lipinski definition) is 3. The summed E-state index contributed by atoms with van der Waals surface area (Å²) in [5.74, 6) is -2.37. The van der Waals surface area contributed by atoms with Crippen molar-refractivity contribution in [2.75, 3.05) is 11.9 Å². The van der Waals surface area contributed by atoms with Crippen molar-refractivity contribution in [3.8, 4) is 11.5 Å². The van der Waals surface area contributed by atoms with Crippen molar-refractivity contribution in [3.05, 3.63) is 77.9 Å². The molecule has 182 valence electrons. The maximum Gasteiger partial charge on any atom is 0.433 e. The normalized spacial score (nSPS) is 10.9. The maximum atomic E-state index is 12.6. The largest absolute Gasteiger partial charge is 0.506 e. The Morgan fingerprint density at radius 1 is 1.11 bits per heavy atom. The Kier molecular flexibility index (Phi) is 8.41. The number of nitro groups is 1. The van der Waals surface area contributed by atoms with Crippen molar-refractivity contribution < 1.29 is 28.8 Å². The van der Waals surface area contributed by atoms with Gasteiger partial charge in [-0.2, -0.15) is 5.10 Å². The van der Waals surface area contributed by atoms with Crippen LogP contribution in [0.5, 0.6) is 11.5 Å². The molecule has 0 aliphatic carbocycles. The minimum Gasteiger partial charge on any atom is -0.506 e. The monoisotopic (exact) mass is 560 g/mol. The summed E-state index contributed by atoms with van der Waals surface area (Å²) in [5, 5.41) is 26.8. The van der Waals surface area contributed by atoms with Crippen LogP contribution in [0.2, 0.25) is 20.1 Å². The molecule has 15 heteroatoms. The summed E-state index contributed by atoms with van der Waals surface area (Å²) in [6, 6.07) is 7.45. The van der Waals surface area contributed by atoms with Gasteiger partial charge in [0.25, 0.3) is 11.8 Å². The summed E-state index contributed by atoms with van der Waals surface area (Å²) < 4.78 is 10.2. The number of hydrazone groups is 1. The Morgan fingerprint density at radius 3 is 2.54 bits per heavy atom. The second-order valence-corrected chi connectivity index (χ2v) is 8.17. The van der Waals surface area contributed by atoms with Crippen LogP contribution in [0.1, 0.15) is 16.1 Å². The first-order chi connectivity index (χ1) is 16.5. The van der Waals surface area contributed by atoms with Crippen LogP contribution in [-0.4, -0.2) is 34.7 Å². The molecule has 0 spiro atoms. The first-order valence-electron chi connectivity index (χ1n) is 9.22. The molecule has 0 bridgehead atoms. The number of aromatic hydroxyl groups is 1. The summed E-state index contributed by atoms with van der Waals surface area (Å²) in [4.78, 5) is 34.4. The highest BCUT2D eigenvalue weighted by atomic mass is 35.5. The average molecular weight is 562 g/mol. The van der Waals surface area contributed by atoms with Gasteiger partial charge in [-0.05, 0) is 24.3 Å².